The maximum atomic E-state index is 13.2. The van der Waals surface area contributed by atoms with Crippen LogP contribution < -0.4 is 5.73 Å². The number of hydrogen-bond donors (Lipinski definition) is 2. The number of rotatable bonds is 3. The van der Waals surface area contributed by atoms with Crippen LogP contribution in [-0.4, -0.2) is 41.2 Å². The van der Waals surface area contributed by atoms with Gasteiger partial charge in [0, 0.05) is 36.7 Å². The number of nitrogens with zero attached hydrogens (tertiary/aromatic N) is 1. The number of hydrogen-bond acceptors (Lipinski definition) is 3. The van der Waals surface area contributed by atoms with Crippen molar-refractivity contribution in [2.75, 3.05) is 19.6 Å². The Morgan fingerprint density at radius 3 is 2.63 bits per heavy atom. The van der Waals surface area contributed by atoms with E-state index in [1.54, 1.807) is 0 Å². The molecular formula is C21H26ClN3O2. The van der Waals surface area contributed by atoms with Crippen molar-refractivity contribution in [3.63, 3.8) is 0 Å². The van der Waals surface area contributed by atoms with Crippen LogP contribution in [0.4, 0.5) is 0 Å². The Morgan fingerprint density at radius 1 is 1.22 bits per heavy atom. The zero-order valence-electron chi connectivity index (χ0n) is 15.5. The first-order valence-electron chi connectivity index (χ1n) is 9.39. The summed E-state index contributed by atoms with van der Waals surface area (Å²) in [4.78, 5) is 30.6. The molecule has 2 atom stereocenters. The highest BCUT2D eigenvalue weighted by Gasteiger charge is 2.37. The molecule has 0 saturated carbocycles. The zero-order chi connectivity index (χ0) is 18.3. The standard InChI is InChI=1S/C21H25N3O2.ClH/c1-13-19-17(8-5-9-18(19)25)23-20(13)21(26)24-11-15(10-22)16(12-24)14-6-3-2-4-7-14;/h2-4,6-7,15-16,23H,5,8-12,22H2,1H3;1H/t15-,16+;/m1./s1. The van der Waals surface area contributed by atoms with E-state index in [9.17, 15) is 9.59 Å². The van der Waals surface area contributed by atoms with Crippen molar-refractivity contribution in [3.8, 4) is 0 Å². The molecule has 6 heteroatoms. The molecule has 5 nitrogen and oxygen atoms in total. The van der Waals surface area contributed by atoms with E-state index >= 15 is 0 Å². The van der Waals surface area contributed by atoms with E-state index in [1.807, 2.05) is 30.0 Å². The normalized spacial score (nSPS) is 21.7. The number of ketones is 1. The minimum Gasteiger partial charge on any atom is -0.354 e. The van der Waals surface area contributed by atoms with Gasteiger partial charge in [-0.25, -0.2) is 0 Å². The summed E-state index contributed by atoms with van der Waals surface area (Å²) in [5, 5.41) is 0. The number of halogens is 1. The minimum absolute atomic E-state index is 0. The Labute approximate surface area is 165 Å². The Kier molecular flexibility index (Phi) is 5.72. The second-order valence-corrected chi connectivity index (χ2v) is 7.48. The highest BCUT2D eigenvalue weighted by Crippen LogP contribution is 2.34. The smallest absolute Gasteiger partial charge is 0.270 e. The van der Waals surface area contributed by atoms with Gasteiger partial charge < -0.3 is 15.6 Å². The Balaban J connectivity index is 0.00000210. The third-order valence-corrected chi connectivity index (χ3v) is 5.91. The second-order valence-electron chi connectivity index (χ2n) is 7.48. The number of Topliss-reactive ketones (excluding diaryl/α,β-unsaturated/α-hetero) is 1. The van der Waals surface area contributed by atoms with Crippen LogP contribution >= 0.6 is 12.4 Å². The molecule has 0 spiro atoms. The number of aromatic nitrogens is 1. The number of aryl methyl sites for hydroxylation is 1. The summed E-state index contributed by atoms with van der Waals surface area (Å²) in [5.41, 5.74) is 10.3. The summed E-state index contributed by atoms with van der Waals surface area (Å²) in [5.74, 6) is 0.661. The number of carbonyl (C=O) groups is 2. The number of nitrogens with two attached hydrogens (primary N) is 1. The van der Waals surface area contributed by atoms with Crippen molar-refractivity contribution < 1.29 is 9.59 Å². The highest BCUT2D eigenvalue weighted by molar-refractivity contribution is 6.04. The van der Waals surface area contributed by atoms with Crippen LogP contribution in [0.3, 0.4) is 0 Å². The fourth-order valence-electron chi connectivity index (χ4n) is 4.50. The van der Waals surface area contributed by atoms with Gasteiger partial charge in [0.15, 0.2) is 5.78 Å². The number of H-pyrrole nitrogens is 1. The second kappa shape index (κ2) is 7.87. The lowest BCUT2D eigenvalue weighted by atomic mass is 9.89. The Hall–Kier alpha value is -2.11. The summed E-state index contributed by atoms with van der Waals surface area (Å²) >= 11 is 0. The third-order valence-electron chi connectivity index (χ3n) is 5.91. The molecule has 2 heterocycles. The number of benzene rings is 1. The van der Waals surface area contributed by atoms with Gasteiger partial charge in [0.25, 0.3) is 5.91 Å². The number of nitrogens with one attached hydrogen (secondary N) is 1. The molecule has 1 aliphatic heterocycles. The molecule has 1 aromatic carbocycles. The molecule has 0 radical (unpaired) electrons. The maximum Gasteiger partial charge on any atom is 0.270 e. The van der Waals surface area contributed by atoms with Gasteiger partial charge in [-0.3, -0.25) is 9.59 Å². The molecule has 1 aliphatic carbocycles. The topological polar surface area (TPSA) is 79.2 Å². The maximum absolute atomic E-state index is 13.2. The van der Waals surface area contributed by atoms with Crippen molar-refractivity contribution in [2.24, 2.45) is 11.7 Å². The number of aromatic amines is 1. The van der Waals surface area contributed by atoms with Gasteiger partial charge in [0.05, 0.1) is 0 Å². The van der Waals surface area contributed by atoms with E-state index in [4.69, 9.17) is 5.73 Å². The van der Waals surface area contributed by atoms with E-state index < -0.39 is 0 Å². The molecule has 1 saturated heterocycles. The summed E-state index contributed by atoms with van der Waals surface area (Å²) < 4.78 is 0. The molecule has 3 N–H and O–H groups in total. The summed E-state index contributed by atoms with van der Waals surface area (Å²) in [6.45, 7) is 3.77. The summed E-state index contributed by atoms with van der Waals surface area (Å²) in [7, 11) is 0. The Bertz CT molecular complexity index is 847. The number of fused-ring (bicyclic) bond motifs is 1. The zero-order valence-corrected chi connectivity index (χ0v) is 16.3. The lowest BCUT2D eigenvalue weighted by Gasteiger charge is -2.17. The first-order chi connectivity index (χ1) is 12.6. The predicted molar refractivity (Wildman–Crippen MR) is 108 cm³/mol. The number of carbonyl (C=O) groups excluding carboxylic acids is 2. The molecule has 4 rings (SSSR count). The molecule has 2 aromatic rings. The molecule has 0 unspecified atom stereocenters. The fourth-order valence-corrected chi connectivity index (χ4v) is 4.50. The number of likely N-dealkylation sites (tertiary alicyclic amines) is 1. The van der Waals surface area contributed by atoms with Crippen molar-refractivity contribution in [3.05, 3.63) is 58.4 Å². The van der Waals surface area contributed by atoms with Crippen LogP contribution in [0.5, 0.6) is 0 Å². The van der Waals surface area contributed by atoms with Gasteiger partial charge in [-0.05, 0) is 43.4 Å². The summed E-state index contributed by atoms with van der Waals surface area (Å²) in [6, 6.07) is 10.3. The molecular weight excluding hydrogens is 362 g/mol. The van der Waals surface area contributed by atoms with Gasteiger partial charge in [-0.1, -0.05) is 30.3 Å². The number of amides is 1. The van der Waals surface area contributed by atoms with E-state index in [-0.39, 0.29) is 35.9 Å². The van der Waals surface area contributed by atoms with Gasteiger partial charge in [-0.15, -0.1) is 12.4 Å². The van der Waals surface area contributed by atoms with E-state index in [0.717, 1.165) is 29.7 Å². The van der Waals surface area contributed by atoms with E-state index in [2.05, 4.69) is 17.1 Å². The molecule has 144 valence electrons. The van der Waals surface area contributed by atoms with Crippen LogP contribution in [0.15, 0.2) is 30.3 Å². The predicted octanol–water partition coefficient (Wildman–Crippen LogP) is 3.08. The molecule has 27 heavy (non-hydrogen) atoms. The molecule has 2 aliphatic rings. The van der Waals surface area contributed by atoms with E-state index in [0.29, 0.717) is 31.7 Å². The monoisotopic (exact) mass is 387 g/mol. The molecule has 1 fully saturated rings. The van der Waals surface area contributed by atoms with Crippen LogP contribution in [0, 0.1) is 12.8 Å². The molecule has 0 bridgehead atoms. The summed E-state index contributed by atoms with van der Waals surface area (Å²) in [6.07, 6.45) is 2.27. The average molecular weight is 388 g/mol. The lowest BCUT2D eigenvalue weighted by molar-refractivity contribution is 0.0780. The van der Waals surface area contributed by atoms with Gasteiger partial charge >= 0.3 is 0 Å². The highest BCUT2D eigenvalue weighted by atomic mass is 35.5. The SMILES string of the molecule is Cc1c(C(=O)N2C[C@@H](CN)[C@H](c3ccccc3)C2)[nH]c2c1C(=O)CCC2.Cl. The van der Waals surface area contributed by atoms with Gasteiger partial charge in [-0.2, -0.15) is 0 Å². The average Bonchev–Trinajstić information content (AvgIpc) is 3.24. The van der Waals surface area contributed by atoms with E-state index in [1.165, 1.54) is 5.56 Å². The van der Waals surface area contributed by atoms with Gasteiger partial charge in [0.2, 0.25) is 0 Å². The first kappa shape index (κ1) is 19.6. The largest absolute Gasteiger partial charge is 0.354 e. The molecule has 1 amide bonds. The van der Waals surface area contributed by atoms with Crippen LogP contribution in [0.1, 0.15) is 56.4 Å². The Morgan fingerprint density at radius 2 is 1.96 bits per heavy atom. The lowest BCUT2D eigenvalue weighted by Crippen LogP contribution is -2.30. The quantitative estimate of drug-likeness (QED) is 0.849. The van der Waals surface area contributed by atoms with Crippen molar-refractivity contribution in [1.82, 2.24) is 9.88 Å². The third kappa shape index (κ3) is 3.42. The van der Waals surface area contributed by atoms with Crippen LogP contribution in [0.25, 0.3) is 0 Å². The van der Waals surface area contributed by atoms with Crippen molar-refractivity contribution in [1.29, 1.82) is 0 Å². The fraction of sp³-hybridized carbons (Fsp3) is 0.429. The van der Waals surface area contributed by atoms with Crippen LogP contribution in [-0.2, 0) is 6.42 Å². The first-order valence-corrected chi connectivity index (χ1v) is 9.39. The van der Waals surface area contributed by atoms with Crippen molar-refractivity contribution >= 4 is 24.1 Å². The van der Waals surface area contributed by atoms with Crippen LogP contribution in [0.2, 0.25) is 0 Å². The minimum atomic E-state index is -0.0124. The van der Waals surface area contributed by atoms with Crippen molar-refractivity contribution in [2.45, 2.75) is 32.1 Å². The van der Waals surface area contributed by atoms with Gasteiger partial charge in [0.1, 0.15) is 5.69 Å². The molecule has 1 aromatic heterocycles.